The molecule has 0 atom stereocenters. The second-order valence-electron chi connectivity index (χ2n) is 5.90. The zero-order valence-corrected chi connectivity index (χ0v) is 13.1. The molecule has 1 heterocycles. The van der Waals surface area contributed by atoms with Crippen LogP contribution in [0.15, 0.2) is 36.7 Å². The molecule has 2 rings (SSSR count). The van der Waals surface area contributed by atoms with Gasteiger partial charge in [-0.15, -0.1) is 0 Å². The number of hydrogen-bond acceptors (Lipinski definition) is 4. The van der Waals surface area contributed by atoms with Crippen molar-refractivity contribution in [3.63, 3.8) is 0 Å². The number of benzene rings is 1. The Morgan fingerprint density at radius 1 is 1.27 bits per heavy atom. The van der Waals surface area contributed by atoms with E-state index >= 15 is 0 Å². The molecule has 0 radical (unpaired) electrons. The van der Waals surface area contributed by atoms with Gasteiger partial charge >= 0.3 is 6.09 Å². The number of rotatable bonds is 5. The molecule has 0 saturated heterocycles. The van der Waals surface area contributed by atoms with Crippen molar-refractivity contribution in [1.82, 2.24) is 15.3 Å². The third-order valence-electron chi connectivity index (χ3n) is 2.84. The lowest BCUT2D eigenvalue weighted by atomic mass is 10.1. The normalized spacial score (nSPS) is 11.0. The SMILES string of the molecule is CC(C)(C)OC(=O)NCc1ccccc1NCc1ncc[nH]1. The number of nitrogens with one attached hydrogen (secondary N) is 3. The molecule has 3 N–H and O–H groups in total. The Kier molecular flexibility index (Phi) is 5.04. The summed E-state index contributed by atoms with van der Waals surface area (Å²) in [7, 11) is 0. The highest BCUT2D eigenvalue weighted by molar-refractivity contribution is 5.68. The average Bonchev–Trinajstić information content (AvgIpc) is 2.95. The number of aromatic amines is 1. The second-order valence-corrected chi connectivity index (χ2v) is 5.90. The van der Waals surface area contributed by atoms with Gasteiger partial charge in [-0.1, -0.05) is 18.2 Å². The topological polar surface area (TPSA) is 79.0 Å². The molecule has 0 unspecified atom stereocenters. The van der Waals surface area contributed by atoms with E-state index in [1.165, 1.54) is 0 Å². The molecular formula is C16H22N4O2. The molecule has 0 aliphatic rings. The minimum atomic E-state index is -0.499. The van der Waals surface area contributed by atoms with E-state index in [1.54, 1.807) is 12.4 Å². The number of carbonyl (C=O) groups excluding carboxylic acids is 1. The Labute approximate surface area is 130 Å². The molecule has 1 aromatic carbocycles. The predicted molar refractivity (Wildman–Crippen MR) is 85.4 cm³/mol. The third-order valence-corrected chi connectivity index (χ3v) is 2.84. The molecule has 1 amide bonds. The van der Waals surface area contributed by atoms with Gasteiger partial charge < -0.3 is 20.4 Å². The highest BCUT2D eigenvalue weighted by Crippen LogP contribution is 2.16. The lowest BCUT2D eigenvalue weighted by Gasteiger charge is -2.20. The van der Waals surface area contributed by atoms with Crippen molar-refractivity contribution < 1.29 is 9.53 Å². The molecule has 0 saturated carbocycles. The third kappa shape index (κ3) is 5.12. The van der Waals surface area contributed by atoms with E-state index in [2.05, 4.69) is 20.6 Å². The van der Waals surface area contributed by atoms with Gasteiger partial charge in [0.1, 0.15) is 11.4 Å². The number of alkyl carbamates (subject to hydrolysis) is 1. The second kappa shape index (κ2) is 6.98. The fourth-order valence-corrected chi connectivity index (χ4v) is 1.90. The standard InChI is InChI=1S/C16H22N4O2/c1-16(2,3)22-15(21)20-10-12-6-4-5-7-13(12)19-11-14-17-8-9-18-14/h4-9,19H,10-11H2,1-3H3,(H,17,18)(H,20,21). The van der Waals surface area contributed by atoms with E-state index < -0.39 is 11.7 Å². The fraction of sp³-hybridized carbons (Fsp3) is 0.375. The molecule has 6 nitrogen and oxygen atoms in total. The Bertz CT molecular complexity index is 603. The van der Waals surface area contributed by atoms with Crippen LogP contribution in [0, 0.1) is 0 Å². The predicted octanol–water partition coefficient (Wildman–Crippen LogP) is 3.05. The van der Waals surface area contributed by atoms with Crippen LogP contribution in [0.4, 0.5) is 10.5 Å². The number of ether oxygens (including phenoxy) is 1. The lowest BCUT2D eigenvalue weighted by molar-refractivity contribution is 0.0523. The molecule has 2 aromatic rings. The maximum Gasteiger partial charge on any atom is 0.407 e. The average molecular weight is 302 g/mol. The summed E-state index contributed by atoms with van der Waals surface area (Å²) in [6, 6.07) is 7.81. The lowest BCUT2D eigenvalue weighted by Crippen LogP contribution is -2.32. The van der Waals surface area contributed by atoms with Crippen LogP contribution in [0.5, 0.6) is 0 Å². The first kappa shape index (κ1) is 15.9. The van der Waals surface area contributed by atoms with Crippen LogP contribution in [0.25, 0.3) is 0 Å². The summed E-state index contributed by atoms with van der Waals surface area (Å²) in [6.45, 7) is 6.51. The van der Waals surface area contributed by atoms with Crippen LogP contribution in [0.3, 0.4) is 0 Å². The summed E-state index contributed by atoms with van der Waals surface area (Å²) in [5, 5.41) is 6.07. The van der Waals surface area contributed by atoms with Crippen LogP contribution in [-0.2, 0) is 17.8 Å². The van der Waals surface area contributed by atoms with Crippen LogP contribution in [0.2, 0.25) is 0 Å². The fourth-order valence-electron chi connectivity index (χ4n) is 1.90. The summed E-state index contributed by atoms with van der Waals surface area (Å²) in [5.41, 5.74) is 1.44. The number of carbonyl (C=O) groups is 1. The molecule has 0 spiro atoms. The Balaban J connectivity index is 1.92. The summed E-state index contributed by atoms with van der Waals surface area (Å²) in [4.78, 5) is 18.9. The largest absolute Gasteiger partial charge is 0.444 e. The number of hydrogen-bond donors (Lipinski definition) is 3. The van der Waals surface area contributed by atoms with Gasteiger partial charge in [0.05, 0.1) is 6.54 Å². The molecule has 6 heteroatoms. The van der Waals surface area contributed by atoms with Gasteiger partial charge in [-0.2, -0.15) is 0 Å². The molecule has 1 aromatic heterocycles. The highest BCUT2D eigenvalue weighted by atomic mass is 16.6. The van der Waals surface area contributed by atoms with Crippen molar-refractivity contribution in [2.75, 3.05) is 5.32 Å². The van der Waals surface area contributed by atoms with Gasteiger partial charge in [0.15, 0.2) is 0 Å². The first-order valence-corrected chi connectivity index (χ1v) is 7.21. The van der Waals surface area contributed by atoms with Crippen molar-refractivity contribution in [2.45, 2.75) is 39.5 Å². The van der Waals surface area contributed by atoms with E-state index in [1.807, 2.05) is 45.0 Å². The van der Waals surface area contributed by atoms with Crippen LogP contribution in [-0.4, -0.2) is 21.7 Å². The number of aromatic nitrogens is 2. The molecule has 0 aliphatic carbocycles. The van der Waals surface area contributed by atoms with E-state index in [0.29, 0.717) is 13.1 Å². The van der Waals surface area contributed by atoms with Gasteiger partial charge in [0.25, 0.3) is 0 Å². The van der Waals surface area contributed by atoms with Crippen LogP contribution in [0.1, 0.15) is 32.2 Å². The molecule has 0 aliphatic heterocycles. The van der Waals surface area contributed by atoms with E-state index in [9.17, 15) is 4.79 Å². The van der Waals surface area contributed by atoms with Gasteiger partial charge in [0.2, 0.25) is 0 Å². The zero-order chi connectivity index (χ0) is 16.0. The number of imidazole rings is 1. The first-order chi connectivity index (χ1) is 10.4. The van der Waals surface area contributed by atoms with Gasteiger partial charge in [-0.25, -0.2) is 9.78 Å². The van der Waals surface area contributed by atoms with Crippen molar-refractivity contribution in [3.05, 3.63) is 48.0 Å². The van der Waals surface area contributed by atoms with E-state index in [4.69, 9.17) is 4.74 Å². The highest BCUT2D eigenvalue weighted by Gasteiger charge is 2.16. The zero-order valence-electron chi connectivity index (χ0n) is 13.1. The maximum absolute atomic E-state index is 11.7. The monoisotopic (exact) mass is 302 g/mol. The van der Waals surface area contributed by atoms with E-state index in [0.717, 1.165) is 17.1 Å². The van der Waals surface area contributed by atoms with Crippen LogP contribution >= 0.6 is 0 Å². The van der Waals surface area contributed by atoms with Gasteiger partial charge in [-0.05, 0) is 32.4 Å². The summed E-state index contributed by atoms with van der Waals surface area (Å²) < 4.78 is 5.23. The van der Waals surface area contributed by atoms with Gasteiger partial charge in [-0.3, -0.25) is 0 Å². The van der Waals surface area contributed by atoms with Crippen LogP contribution < -0.4 is 10.6 Å². The quantitative estimate of drug-likeness (QED) is 0.793. The number of amides is 1. The Morgan fingerprint density at radius 2 is 2.05 bits per heavy atom. The minimum Gasteiger partial charge on any atom is -0.444 e. The molecule has 0 fully saturated rings. The molecule has 118 valence electrons. The Hall–Kier alpha value is -2.50. The smallest absolute Gasteiger partial charge is 0.407 e. The summed E-state index contributed by atoms with van der Waals surface area (Å²) in [6.07, 6.45) is 3.08. The van der Waals surface area contributed by atoms with Crippen molar-refractivity contribution in [3.8, 4) is 0 Å². The summed E-state index contributed by atoms with van der Waals surface area (Å²) >= 11 is 0. The van der Waals surface area contributed by atoms with E-state index in [-0.39, 0.29) is 0 Å². The van der Waals surface area contributed by atoms with Gasteiger partial charge in [0, 0.05) is 24.6 Å². The van der Waals surface area contributed by atoms with Crippen molar-refractivity contribution >= 4 is 11.8 Å². The minimum absolute atomic E-state index is 0.399. The molecule has 0 bridgehead atoms. The summed E-state index contributed by atoms with van der Waals surface area (Å²) in [5.74, 6) is 0.856. The number of anilines is 1. The first-order valence-electron chi connectivity index (χ1n) is 7.21. The molecule has 22 heavy (non-hydrogen) atoms. The number of nitrogens with zero attached hydrogens (tertiary/aromatic N) is 1. The number of H-pyrrole nitrogens is 1. The maximum atomic E-state index is 11.7. The number of para-hydroxylation sites is 1. The van der Waals surface area contributed by atoms with Crippen molar-refractivity contribution in [2.24, 2.45) is 0 Å². The Morgan fingerprint density at radius 3 is 2.73 bits per heavy atom. The van der Waals surface area contributed by atoms with Crippen molar-refractivity contribution in [1.29, 1.82) is 0 Å². The molecular weight excluding hydrogens is 280 g/mol.